The number of carboxylic acid groups (broad SMARTS) is 1. The Bertz CT molecular complexity index is 774. The molecule has 21 heavy (non-hydrogen) atoms. The van der Waals surface area contributed by atoms with Gasteiger partial charge in [0, 0.05) is 18.3 Å². The minimum atomic E-state index is -3.99. The van der Waals surface area contributed by atoms with Gasteiger partial charge in [-0.15, -0.1) is 11.3 Å². The summed E-state index contributed by atoms with van der Waals surface area (Å²) in [6, 6.07) is 3.13. The first-order chi connectivity index (χ1) is 9.92. The van der Waals surface area contributed by atoms with Crippen LogP contribution in [0.2, 0.25) is 0 Å². The molecule has 2 rings (SSSR count). The molecular formula is C11H10N4O4S2. The first-order valence-corrected chi connectivity index (χ1v) is 7.94. The normalized spacial score (nSPS) is 12.7. The number of rotatable bonds is 6. The van der Waals surface area contributed by atoms with Crippen LogP contribution < -0.4 is 4.72 Å². The van der Waals surface area contributed by atoms with Crippen molar-refractivity contribution in [3.8, 4) is 6.07 Å². The summed E-state index contributed by atoms with van der Waals surface area (Å²) in [5.41, 5.74) is 0.494. The number of imidazole rings is 1. The van der Waals surface area contributed by atoms with Gasteiger partial charge in [0.15, 0.2) is 0 Å². The molecule has 2 heterocycles. The van der Waals surface area contributed by atoms with Crippen molar-refractivity contribution in [1.82, 2.24) is 14.7 Å². The highest BCUT2D eigenvalue weighted by Gasteiger charge is 2.27. The largest absolute Gasteiger partial charge is 0.480 e. The number of hydrogen-bond donors (Lipinski definition) is 3. The standard InChI is InChI=1S/C11H10N4O4S2/c12-4-8-1-2-10(20-8)21(18,19)15-9(11(16)17)3-7-5-13-6-14-7/h1-2,5-6,9,15H,3H2,(H,13,14)(H,16,17)/t9-/m1/s1. The summed E-state index contributed by atoms with van der Waals surface area (Å²) in [6.45, 7) is 0. The fourth-order valence-electron chi connectivity index (χ4n) is 1.57. The summed E-state index contributed by atoms with van der Waals surface area (Å²) in [5, 5.41) is 17.8. The number of nitriles is 1. The summed E-state index contributed by atoms with van der Waals surface area (Å²) < 4.78 is 26.2. The molecule has 8 nitrogen and oxygen atoms in total. The average molecular weight is 326 g/mol. The molecule has 0 fully saturated rings. The number of carbonyl (C=O) groups is 1. The second-order valence-corrected chi connectivity index (χ2v) is 7.05. The second-order valence-electron chi connectivity index (χ2n) is 4.02. The van der Waals surface area contributed by atoms with Crippen molar-refractivity contribution in [3.63, 3.8) is 0 Å². The highest BCUT2D eigenvalue weighted by Crippen LogP contribution is 2.21. The molecule has 0 aliphatic rings. The zero-order chi connectivity index (χ0) is 15.5. The van der Waals surface area contributed by atoms with Crippen molar-refractivity contribution in [1.29, 1.82) is 5.26 Å². The Morgan fingerprint density at radius 2 is 2.33 bits per heavy atom. The Labute approximate surface area is 124 Å². The quantitative estimate of drug-likeness (QED) is 0.699. The lowest BCUT2D eigenvalue weighted by Gasteiger charge is -2.12. The van der Waals surface area contributed by atoms with Crippen LogP contribution in [0.1, 0.15) is 10.6 Å². The van der Waals surface area contributed by atoms with Crippen molar-refractivity contribution >= 4 is 27.3 Å². The zero-order valence-electron chi connectivity index (χ0n) is 10.5. The zero-order valence-corrected chi connectivity index (χ0v) is 12.1. The number of nitrogens with zero attached hydrogens (tertiary/aromatic N) is 2. The van der Waals surface area contributed by atoms with E-state index in [1.165, 1.54) is 24.7 Å². The molecule has 0 saturated heterocycles. The molecule has 0 aliphatic heterocycles. The van der Waals surface area contributed by atoms with E-state index in [0.29, 0.717) is 5.69 Å². The van der Waals surface area contributed by atoms with Crippen LogP contribution in [-0.4, -0.2) is 35.5 Å². The van der Waals surface area contributed by atoms with E-state index in [4.69, 9.17) is 10.4 Å². The lowest BCUT2D eigenvalue weighted by molar-refractivity contribution is -0.138. The number of hydrogen-bond acceptors (Lipinski definition) is 6. The predicted molar refractivity (Wildman–Crippen MR) is 73.1 cm³/mol. The first kappa shape index (κ1) is 15.2. The molecule has 2 aromatic heterocycles. The summed E-state index contributed by atoms with van der Waals surface area (Å²) in [6.07, 6.45) is 2.73. The van der Waals surface area contributed by atoms with Crippen LogP contribution in [0.15, 0.2) is 28.9 Å². The van der Waals surface area contributed by atoms with E-state index in [1.54, 1.807) is 0 Å². The van der Waals surface area contributed by atoms with E-state index in [-0.39, 0.29) is 15.5 Å². The number of nitrogens with one attached hydrogen (secondary N) is 2. The summed E-state index contributed by atoms with van der Waals surface area (Å²) in [7, 11) is -3.99. The third-order valence-electron chi connectivity index (χ3n) is 2.53. The Kier molecular flexibility index (Phi) is 4.37. The minimum absolute atomic E-state index is 0.0644. The topological polar surface area (TPSA) is 136 Å². The molecule has 1 atom stereocenters. The fraction of sp³-hybridized carbons (Fsp3) is 0.182. The Morgan fingerprint density at radius 1 is 1.57 bits per heavy atom. The van der Waals surface area contributed by atoms with Gasteiger partial charge in [-0.2, -0.15) is 9.98 Å². The van der Waals surface area contributed by atoms with Crippen LogP contribution in [-0.2, 0) is 21.2 Å². The molecule has 10 heteroatoms. The Morgan fingerprint density at radius 3 is 2.86 bits per heavy atom. The maximum Gasteiger partial charge on any atom is 0.322 e. The van der Waals surface area contributed by atoms with Crippen LogP contribution >= 0.6 is 11.3 Å². The Hall–Kier alpha value is -2.22. The average Bonchev–Trinajstić information content (AvgIpc) is 3.08. The number of aromatic amines is 1. The van der Waals surface area contributed by atoms with Gasteiger partial charge >= 0.3 is 5.97 Å². The van der Waals surface area contributed by atoms with Gasteiger partial charge in [0.25, 0.3) is 10.0 Å². The number of H-pyrrole nitrogens is 1. The molecular weight excluding hydrogens is 316 g/mol. The van der Waals surface area contributed by atoms with Crippen LogP contribution in [0.3, 0.4) is 0 Å². The fourth-order valence-corrected chi connectivity index (χ4v) is 3.87. The molecule has 2 aromatic rings. The minimum Gasteiger partial charge on any atom is -0.480 e. The van der Waals surface area contributed by atoms with Crippen LogP contribution in [0.4, 0.5) is 0 Å². The molecule has 0 aliphatic carbocycles. The van der Waals surface area contributed by atoms with E-state index < -0.39 is 22.0 Å². The third-order valence-corrected chi connectivity index (χ3v) is 5.48. The van der Waals surface area contributed by atoms with E-state index in [2.05, 4.69) is 14.7 Å². The molecule has 0 unspecified atom stereocenters. The van der Waals surface area contributed by atoms with Crippen LogP contribution in [0.25, 0.3) is 0 Å². The predicted octanol–water partition coefficient (Wildman–Crippen LogP) is 0.317. The van der Waals surface area contributed by atoms with Gasteiger partial charge in [-0.1, -0.05) is 0 Å². The van der Waals surface area contributed by atoms with Gasteiger partial charge in [-0.25, -0.2) is 13.4 Å². The Balaban J connectivity index is 2.19. The van der Waals surface area contributed by atoms with Crippen molar-refractivity contribution in [2.45, 2.75) is 16.7 Å². The number of carboxylic acids is 1. The van der Waals surface area contributed by atoms with Crippen molar-refractivity contribution < 1.29 is 18.3 Å². The summed E-state index contributed by atoms with van der Waals surface area (Å²) in [5.74, 6) is -1.30. The van der Waals surface area contributed by atoms with Crippen molar-refractivity contribution in [2.24, 2.45) is 0 Å². The SMILES string of the molecule is N#Cc1ccc(S(=O)(=O)N[C@H](Cc2cnc[nH]2)C(=O)O)s1. The van der Waals surface area contributed by atoms with E-state index in [9.17, 15) is 13.2 Å². The molecule has 3 N–H and O–H groups in total. The molecule has 0 amide bonds. The van der Waals surface area contributed by atoms with E-state index in [1.807, 2.05) is 6.07 Å². The highest BCUT2D eigenvalue weighted by atomic mass is 32.2. The van der Waals surface area contributed by atoms with E-state index >= 15 is 0 Å². The second kappa shape index (κ2) is 6.04. The molecule has 0 saturated carbocycles. The molecule has 0 radical (unpaired) electrons. The van der Waals surface area contributed by atoms with Crippen molar-refractivity contribution in [2.75, 3.05) is 0 Å². The van der Waals surface area contributed by atoms with Crippen molar-refractivity contribution in [3.05, 3.63) is 35.2 Å². The first-order valence-electron chi connectivity index (χ1n) is 5.64. The number of sulfonamides is 1. The molecule has 0 aromatic carbocycles. The monoisotopic (exact) mass is 326 g/mol. The summed E-state index contributed by atoms with van der Waals surface area (Å²) in [4.78, 5) is 17.9. The van der Waals surface area contributed by atoms with Gasteiger partial charge in [0.2, 0.25) is 0 Å². The van der Waals surface area contributed by atoms with Gasteiger partial charge in [-0.05, 0) is 12.1 Å². The van der Waals surface area contributed by atoms with Gasteiger partial charge < -0.3 is 10.1 Å². The van der Waals surface area contributed by atoms with E-state index in [0.717, 1.165) is 11.3 Å². The number of aromatic nitrogens is 2. The number of aliphatic carboxylic acids is 1. The molecule has 0 bridgehead atoms. The third kappa shape index (κ3) is 3.66. The number of thiophene rings is 1. The van der Waals surface area contributed by atoms with Gasteiger partial charge in [0.05, 0.1) is 6.33 Å². The van der Waals surface area contributed by atoms with Crippen LogP contribution in [0, 0.1) is 11.3 Å². The highest BCUT2D eigenvalue weighted by molar-refractivity contribution is 7.91. The van der Waals surface area contributed by atoms with Gasteiger partial charge in [-0.3, -0.25) is 4.79 Å². The maximum absolute atomic E-state index is 12.1. The van der Waals surface area contributed by atoms with Gasteiger partial charge in [0.1, 0.15) is 21.2 Å². The molecule has 0 spiro atoms. The lowest BCUT2D eigenvalue weighted by Crippen LogP contribution is -2.42. The lowest BCUT2D eigenvalue weighted by atomic mass is 10.2. The molecule has 110 valence electrons. The smallest absolute Gasteiger partial charge is 0.322 e. The maximum atomic E-state index is 12.1. The summed E-state index contributed by atoms with van der Waals surface area (Å²) >= 11 is 0.777. The van der Waals surface area contributed by atoms with Crippen LogP contribution in [0.5, 0.6) is 0 Å².